The summed E-state index contributed by atoms with van der Waals surface area (Å²) in [5.41, 5.74) is 0. The van der Waals surface area contributed by atoms with Gasteiger partial charge < -0.3 is 10.1 Å². The van der Waals surface area contributed by atoms with Crippen LogP contribution in [0.5, 0.6) is 0 Å². The molecule has 2 fully saturated rings. The van der Waals surface area contributed by atoms with Crippen molar-refractivity contribution in [1.29, 1.82) is 0 Å². The van der Waals surface area contributed by atoms with Gasteiger partial charge in [0.2, 0.25) is 5.91 Å². The summed E-state index contributed by atoms with van der Waals surface area (Å²) >= 11 is 6.04. The number of nitrogens with one attached hydrogen (secondary N) is 1. The summed E-state index contributed by atoms with van der Waals surface area (Å²) in [4.78, 5) is 11.6. The predicted octanol–water partition coefficient (Wildman–Crippen LogP) is 2.47. The van der Waals surface area contributed by atoms with Gasteiger partial charge in [-0.1, -0.05) is 0 Å². The topological polar surface area (TPSA) is 38.3 Å². The van der Waals surface area contributed by atoms with E-state index in [9.17, 15) is 4.79 Å². The molecule has 3 atom stereocenters. The van der Waals surface area contributed by atoms with Crippen LogP contribution in [0.25, 0.3) is 0 Å². The zero-order chi connectivity index (χ0) is 12.1. The molecule has 2 aliphatic rings. The van der Waals surface area contributed by atoms with Crippen LogP contribution in [0.2, 0.25) is 0 Å². The van der Waals surface area contributed by atoms with Crippen LogP contribution in [-0.2, 0) is 9.53 Å². The third-order valence-corrected chi connectivity index (χ3v) is 4.18. The van der Waals surface area contributed by atoms with E-state index in [0.717, 1.165) is 51.7 Å². The van der Waals surface area contributed by atoms with Crippen molar-refractivity contribution in [2.45, 2.75) is 56.4 Å². The highest BCUT2D eigenvalue weighted by atomic mass is 35.5. The average molecular weight is 260 g/mol. The van der Waals surface area contributed by atoms with Crippen LogP contribution in [0.3, 0.4) is 0 Å². The molecule has 1 N–H and O–H groups in total. The van der Waals surface area contributed by atoms with Gasteiger partial charge in [-0.15, -0.1) is 11.6 Å². The minimum absolute atomic E-state index is 0.165. The van der Waals surface area contributed by atoms with E-state index in [1.54, 1.807) is 0 Å². The molecule has 0 aromatic rings. The highest BCUT2D eigenvalue weighted by Gasteiger charge is 2.23. The van der Waals surface area contributed by atoms with Gasteiger partial charge in [0.15, 0.2) is 0 Å². The van der Waals surface area contributed by atoms with E-state index in [2.05, 4.69) is 5.32 Å². The largest absolute Gasteiger partial charge is 0.378 e. The molecule has 3 unspecified atom stereocenters. The zero-order valence-corrected chi connectivity index (χ0v) is 11.0. The lowest BCUT2D eigenvalue weighted by atomic mass is 10.1. The summed E-state index contributed by atoms with van der Waals surface area (Å²) < 4.78 is 5.50. The van der Waals surface area contributed by atoms with Gasteiger partial charge in [-0.3, -0.25) is 4.79 Å². The Kier molecular flexibility index (Phi) is 5.11. The monoisotopic (exact) mass is 259 g/mol. The van der Waals surface area contributed by atoms with E-state index in [-0.39, 0.29) is 5.91 Å². The lowest BCUT2D eigenvalue weighted by Crippen LogP contribution is -2.29. The minimum Gasteiger partial charge on any atom is -0.378 e. The van der Waals surface area contributed by atoms with Crippen molar-refractivity contribution < 1.29 is 9.53 Å². The number of hydrogen-bond acceptors (Lipinski definition) is 2. The van der Waals surface area contributed by atoms with Gasteiger partial charge in [0.1, 0.15) is 0 Å². The second-order valence-corrected chi connectivity index (χ2v) is 5.87. The number of rotatable bonds is 5. The Balaban J connectivity index is 1.54. The number of alkyl halides is 1. The molecule has 0 bridgehead atoms. The van der Waals surface area contributed by atoms with Crippen molar-refractivity contribution in [2.75, 3.05) is 13.2 Å². The molecular weight excluding hydrogens is 238 g/mol. The molecule has 1 saturated carbocycles. The number of carbonyl (C=O) groups is 1. The summed E-state index contributed by atoms with van der Waals surface area (Å²) in [6, 6.07) is 0. The summed E-state index contributed by atoms with van der Waals surface area (Å²) in [6.07, 6.45) is 7.34. The van der Waals surface area contributed by atoms with Crippen LogP contribution in [0.4, 0.5) is 0 Å². The number of hydrogen-bond donors (Lipinski definition) is 1. The van der Waals surface area contributed by atoms with Crippen molar-refractivity contribution in [3.63, 3.8) is 0 Å². The summed E-state index contributed by atoms with van der Waals surface area (Å²) in [7, 11) is 0. The fourth-order valence-corrected chi connectivity index (χ4v) is 3.09. The van der Waals surface area contributed by atoms with Gasteiger partial charge in [-0.05, 0) is 44.4 Å². The molecule has 2 rings (SSSR count). The Morgan fingerprint density at radius 1 is 1.35 bits per heavy atom. The van der Waals surface area contributed by atoms with Crippen molar-refractivity contribution >= 4 is 17.5 Å². The van der Waals surface area contributed by atoms with Crippen LogP contribution in [0.1, 0.15) is 44.9 Å². The summed E-state index contributed by atoms with van der Waals surface area (Å²) in [6.45, 7) is 1.67. The first kappa shape index (κ1) is 13.2. The van der Waals surface area contributed by atoms with Gasteiger partial charge in [0.25, 0.3) is 0 Å². The quantitative estimate of drug-likeness (QED) is 0.771. The standard InChI is InChI=1S/C13H22ClNO2/c14-11-4-3-10(8-11)9-15-13(16)6-5-12-2-1-7-17-12/h10-12H,1-9H2,(H,15,16). The molecule has 1 aliphatic carbocycles. The fourth-order valence-electron chi connectivity index (χ4n) is 2.71. The summed E-state index contributed by atoms with van der Waals surface area (Å²) in [5, 5.41) is 3.34. The number of carbonyl (C=O) groups excluding carboxylic acids is 1. The maximum atomic E-state index is 11.6. The molecule has 1 aliphatic heterocycles. The highest BCUT2D eigenvalue weighted by molar-refractivity contribution is 6.20. The molecule has 98 valence electrons. The van der Waals surface area contributed by atoms with Crippen LogP contribution in [0.15, 0.2) is 0 Å². The molecule has 1 amide bonds. The lowest BCUT2D eigenvalue weighted by Gasteiger charge is -2.12. The second-order valence-electron chi connectivity index (χ2n) is 5.25. The second kappa shape index (κ2) is 6.60. The Morgan fingerprint density at radius 3 is 2.88 bits per heavy atom. The average Bonchev–Trinajstić information content (AvgIpc) is 2.95. The Hall–Kier alpha value is -0.280. The van der Waals surface area contributed by atoms with Crippen LogP contribution >= 0.6 is 11.6 Å². The molecule has 0 spiro atoms. The molecular formula is C13H22ClNO2. The maximum absolute atomic E-state index is 11.6. The number of ether oxygens (including phenoxy) is 1. The molecule has 3 nitrogen and oxygen atoms in total. The van der Waals surface area contributed by atoms with Gasteiger partial charge in [0.05, 0.1) is 6.10 Å². The van der Waals surface area contributed by atoms with E-state index in [0.29, 0.717) is 23.8 Å². The molecule has 17 heavy (non-hydrogen) atoms. The normalized spacial score (nSPS) is 32.9. The number of amides is 1. The van der Waals surface area contributed by atoms with Crippen molar-refractivity contribution in [3.8, 4) is 0 Å². The Bertz CT molecular complexity index is 254. The fraction of sp³-hybridized carbons (Fsp3) is 0.923. The van der Waals surface area contributed by atoms with E-state index in [1.807, 2.05) is 0 Å². The smallest absolute Gasteiger partial charge is 0.220 e. The molecule has 4 heteroatoms. The molecule has 0 aromatic heterocycles. The molecule has 1 saturated heterocycles. The zero-order valence-electron chi connectivity index (χ0n) is 10.3. The van der Waals surface area contributed by atoms with Crippen molar-refractivity contribution in [2.24, 2.45) is 5.92 Å². The predicted molar refractivity (Wildman–Crippen MR) is 68.2 cm³/mol. The van der Waals surface area contributed by atoms with Crippen molar-refractivity contribution in [3.05, 3.63) is 0 Å². The van der Waals surface area contributed by atoms with E-state index >= 15 is 0 Å². The van der Waals surface area contributed by atoms with Crippen LogP contribution in [0, 0.1) is 5.92 Å². The highest BCUT2D eigenvalue weighted by Crippen LogP contribution is 2.28. The van der Waals surface area contributed by atoms with Crippen LogP contribution < -0.4 is 5.32 Å². The minimum atomic E-state index is 0.165. The Morgan fingerprint density at radius 2 is 2.24 bits per heavy atom. The third kappa shape index (κ3) is 4.47. The van der Waals surface area contributed by atoms with E-state index in [4.69, 9.17) is 16.3 Å². The van der Waals surface area contributed by atoms with E-state index < -0.39 is 0 Å². The van der Waals surface area contributed by atoms with Gasteiger partial charge in [0, 0.05) is 24.9 Å². The first-order valence-corrected chi connectivity index (χ1v) is 7.20. The SMILES string of the molecule is O=C(CCC1CCCO1)NCC1CCC(Cl)C1. The number of halogens is 1. The molecule has 0 radical (unpaired) electrons. The summed E-state index contributed by atoms with van der Waals surface area (Å²) in [5.74, 6) is 0.753. The third-order valence-electron chi connectivity index (χ3n) is 3.78. The maximum Gasteiger partial charge on any atom is 0.220 e. The first-order valence-electron chi connectivity index (χ1n) is 6.76. The molecule has 0 aromatic carbocycles. The van der Waals surface area contributed by atoms with Gasteiger partial charge >= 0.3 is 0 Å². The van der Waals surface area contributed by atoms with Crippen LogP contribution in [-0.4, -0.2) is 30.5 Å². The molecule has 1 heterocycles. The van der Waals surface area contributed by atoms with Gasteiger partial charge in [-0.2, -0.15) is 0 Å². The lowest BCUT2D eigenvalue weighted by molar-refractivity contribution is -0.121. The van der Waals surface area contributed by atoms with Crippen molar-refractivity contribution in [1.82, 2.24) is 5.32 Å². The van der Waals surface area contributed by atoms with E-state index in [1.165, 1.54) is 0 Å². The first-order chi connectivity index (χ1) is 8.24. The van der Waals surface area contributed by atoms with Gasteiger partial charge in [-0.25, -0.2) is 0 Å². The Labute approximate surface area is 108 Å².